The molecule has 2 rings (SSSR count). The van der Waals surface area contributed by atoms with E-state index in [2.05, 4.69) is 18.0 Å². The molecular formula is C15H25N3O. The van der Waals surface area contributed by atoms with Gasteiger partial charge in [0.1, 0.15) is 5.41 Å². The van der Waals surface area contributed by atoms with Crippen molar-refractivity contribution in [3.63, 3.8) is 0 Å². The predicted molar refractivity (Wildman–Crippen MR) is 74.4 cm³/mol. The molecule has 0 aromatic carbocycles. The Morgan fingerprint density at radius 3 is 2.37 bits per heavy atom. The van der Waals surface area contributed by atoms with Crippen LogP contribution >= 0.6 is 0 Å². The minimum atomic E-state index is -0.726. The summed E-state index contributed by atoms with van der Waals surface area (Å²) in [6, 6.07) is 2.66. The highest BCUT2D eigenvalue weighted by Crippen LogP contribution is 2.38. The van der Waals surface area contributed by atoms with Gasteiger partial charge in [-0.1, -0.05) is 19.3 Å². The second kappa shape index (κ2) is 5.92. The number of hydrogen-bond donors (Lipinski definition) is 0. The van der Waals surface area contributed by atoms with Crippen molar-refractivity contribution in [1.29, 1.82) is 5.26 Å². The number of piperidine rings is 1. The highest BCUT2D eigenvalue weighted by molar-refractivity contribution is 5.85. The van der Waals surface area contributed by atoms with E-state index in [0.717, 1.165) is 58.0 Å². The Hall–Kier alpha value is -1.08. The van der Waals surface area contributed by atoms with Gasteiger partial charge in [0.15, 0.2) is 0 Å². The highest BCUT2D eigenvalue weighted by Gasteiger charge is 2.43. The summed E-state index contributed by atoms with van der Waals surface area (Å²) in [5, 5.41) is 9.50. The van der Waals surface area contributed by atoms with Crippen LogP contribution in [0.2, 0.25) is 0 Å². The van der Waals surface area contributed by atoms with E-state index in [0.29, 0.717) is 6.04 Å². The number of rotatable bonds is 2. The minimum Gasteiger partial charge on any atom is -0.341 e. The van der Waals surface area contributed by atoms with Crippen LogP contribution in [0.4, 0.5) is 0 Å². The second-order valence-electron chi connectivity index (χ2n) is 6.21. The fourth-order valence-electron chi connectivity index (χ4n) is 3.41. The van der Waals surface area contributed by atoms with E-state index in [1.54, 1.807) is 0 Å². The molecule has 0 atom stereocenters. The number of likely N-dealkylation sites (tertiary alicyclic amines) is 1. The lowest BCUT2D eigenvalue weighted by atomic mass is 9.74. The minimum absolute atomic E-state index is 0.0734. The fourth-order valence-corrected chi connectivity index (χ4v) is 3.41. The van der Waals surface area contributed by atoms with Crippen LogP contribution < -0.4 is 0 Å². The van der Waals surface area contributed by atoms with Crippen LogP contribution in [-0.4, -0.2) is 48.9 Å². The Morgan fingerprint density at radius 1 is 1.26 bits per heavy atom. The maximum Gasteiger partial charge on any atom is 0.243 e. The molecule has 1 aliphatic carbocycles. The molecule has 2 aliphatic rings. The van der Waals surface area contributed by atoms with Gasteiger partial charge in [-0.15, -0.1) is 0 Å². The molecule has 1 amide bonds. The Morgan fingerprint density at radius 2 is 1.84 bits per heavy atom. The molecule has 0 bridgehead atoms. The SMILES string of the molecule is CN1CCC(N(C)C(=O)C2(C#N)CCCCC2)CC1. The van der Waals surface area contributed by atoms with Crippen molar-refractivity contribution in [1.82, 2.24) is 9.80 Å². The van der Waals surface area contributed by atoms with Gasteiger partial charge in [-0.25, -0.2) is 0 Å². The third-order valence-corrected chi connectivity index (χ3v) is 4.89. The molecular weight excluding hydrogens is 238 g/mol. The van der Waals surface area contributed by atoms with Gasteiger partial charge in [-0.3, -0.25) is 4.79 Å². The zero-order valence-corrected chi connectivity index (χ0v) is 12.2. The summed E-state index contributed by atoms with van der Waals surface area (Å²) in [5.41, 5.74) is -0.726. The normalized spacial score (nSPS) is 24.7. The first-order valence-electron chi connectivity index (χ1n) is 7.46. The number of carbonyl (C=O) groups excluding carboxylic acids is 1. The number of nitrogens with zero attached hydrogens (tertiary/aromatic N) is 3. The van der Waals surface area contributed by atoms with Crippen molar-refractivity contribution in [2.24, 2.45) is 5.41 Å². The van der Waals surface area contributed by atoms with Gasteiger partial charge in [0.2, 0.25) is 5.91 Å². The number of carbonyl (C=O) groups is 1. The van der Waals surface area contributed by atoms with E-state index >= 15 is 0 Å². The number of hydrogen-bond acceptors (Lipinski definition) is 3. The van der Waals surface area contributed by atoms with Gasteiger partial charge >= 0.3 is 0 Å². The molecule has 2 fully saturated rings. The smallest absolute Gasteiger partial charge is 0.243 e. The molecule has 0 N–H and O–H groups in total. The van der Waals surface area contributed by atoms with Gasteiger partial charge < -0.3 is 9.80 Å². The molecule has 1 saturated carbocycles. The first-order valence-corrected chi connectivity index (χ1v) is 7.46. The molecule has 1 heterocycles. The van der Waals surface area contributed by atoms with E-state index < -0.39 is 5.41 Å². The quantitative estimate of drug-likeness (QED) is 0.765. The summed E-state index contributed by atoms with van der Waals surface area (Å²) in [7, 11) is 4.02. The lowest BCUT2D eigenvalue weighted by molar-refractivity contribution is -0.142. The topological polar surface area (TPSA) is 47.3 Å². The van der Waals surface area contributed by atoms with Crippen LogP contribution in [0, 0.1) is 16.7 Å². The number of amides is 1. The average Bonchev–Trinajstić information content (AvgIpc) is 2.47. The van der Waals surface area contributed by atoms with Crippen LogP contribution in [0.1, 0.15) is 44.9 Å². The Kier molecular flexibility index (Phi) is 4.46. The first-order chi connectivity index (χ1) is 9.09. The van der Waals surface area contributed by atoms with Gasteiger partial charge in [0, 0.05) is 13.1 Å². The van der Waals surface area contributed by atoms with E-state index in [1.165, 1.54) is 0 Å². The van der Waals surface area contributed by atoms with Gasteiger partial charge in [0.05, 0.1) is 6.07 Å². The Balaban J connectivity index is 2.03. The van der Waals surface area contributed by atoms with Crippen molar-refractivity contribution in [2.75, 3.05) is 27.2 Å². The van der Waals surface area contributed by atoms with Gasteiger partial charge in [-0.2, -0.15) is 5.26 Å². The summed E-state index contributed by atoms with van der Waals surface area (Å²) < 4.78 is 0. The second-order valence-corrected chi connectivity index (χ2v) is 6.21. The summed E-state index contributed by atoms with van der Waals surface area (Å²) in [6.45, 7) is 2.09. The monoisotopic (exact) mass is 263 g/mol. The van der Waals surface area contributed by atoms with Crippen molar-refractivity contribution in [3.05, 3.63) is 0 Å². The fraction of sp³-hybridized carbons (Fsp3) is 0.867. The highest BCUT2D eigenvalue weighted by atomic mass is 16.2. The third-order valence-electron chi connectivity index (χ3n) is 4.89. The maximum absolute atomic E-state index is 12.7. The van der Waals surface area contributed by atoms with Crippen LogP contribution in [0.3, 0.4) is 0 Å². The van der Waals surface area contributed by atoms with Crippen molar-refractivity contribution < 1.29 is 4.79 Å². The maximum atomic E-state index is 12.7. The van der Waals surface area contributed by atoms with Gasteiger partial charge in [0.25, 0.3) is 0 Å². The van der Waals surface area contributed by atoms with Crippen molar-refractivity contribution in [3.8, 4) is 6.07 Å². The Bertz CT molecular complexity index is 360. The van der Waals surface area contributed by atoms with Gasteiger partial charge in [-0.05, 0) is 45.8 Å². The zero-order chi connectivity index (χ0) is 13.9. The van der Waals surface area contributed by atoms with E-state index in [1.807, 2.05) is 11.9 Å². The zero-order valence-electron chi connectivity index (χ0n) is 12.2. The molecule has 4 nitrogen and oxygen atoms in total. The molecule has 1 aliphatic heterocycles. The van der Waals surface area contributed by atoms with E-state index in [4.69, 9.17) is 0 Å². The predicted octanol–water partition coefficient (Wildman–Crippen LogP) is 2.01. The van der Waals surface area contributed by atoms with Crippen molar-refractivity contribution >= 4 is 5.91 Å². The summed E-state index contributed by atoms with van der Waals surface area (Å²) in [5.74, 6) is 0.0734. The molecule has 0 radical (unpaired) electrons. The average molecular weight is 263 g/mol. The van der Waals surface area contributed by atoms with E-state index in [-0.39, 0.29) is 5.91 Å². The standard InChI is InChI=1S/C15H25N3O/c1-17-10-6-13(7-11-17)18(2)14(19)15(12-16)8-4-3-5-9-15/h13H,3-11H2,1-2H3. The summed E-state index contributed by atoms with van der Waals surface area (Å²) in [6.07, 6.45) is 6.74. The molecule has 4 heteroatoms. The molecule has 0 unspecified atom stereocenters. The van der Waals surface area contributed by atoms with E-state index in [9.17, 15) is 10.1 Å². The van der Waals surface area contributed by atoms with Crippen LogP contribution in [0.25, 0.3) is 0 Å². The lowest BCUT2D eigenvalue weighted by Crippen LogP contribution is -2.50. The first kappa shape index (κ1) is 14.3. The molecule has 0 spiro atoms. The summed E-state index contributed by atoms with van der Waals surface area (Å²) >= 11 is 0. The Labute approximate surface area is 116 Å². The molecule has 0 aromatic heterocycles. The number of nitriles is 1. The van der Waals surface area contributed by atoms with Crippen LogP contribution in [0.15, 0.2) is 0 Å². The molecule has 0 aromatic rings. The molecule has 1 saturated heterocycles. The summed E-state index contributed by atoms with van der Waals surface area (Å²) in [4.78, 5) is 16.9. The van der Waals surface area contributed by atoms with Crippen molar-refractivity contribution in [2.45, 2.75) is 51.0 Å². The molecule has 106 valence electrons. The molecule has 19 heavy (non-hydrogen) atoms. The largest absolute Gasteiger partial charge is 0.341 e. The van der Waals surface area contributed by atoms with Crippen LogP contribution in [-0.2, 0) is 4.79 Å². The lowest BCUT2D eigenvalue weighted by Gasteiger charge is -2.39. The van der Waals surface area contributed by atoms with Crippen LogP contribution in [0.5, 0.6) is 0 Å². The third kappa shape index (κ3) is 2.92.